The van der Waals surface area contributed by atoms with Crippen molar-refractivity contribution in [2.24, 2.45) is 17.8 Å². The third kappa shape index (κ3) is 4.39. The number of fused-ring (bicyclic) bond motifs is 4. The van der Waals surface area contributed by atoms with Crippen molar-refractivity contribution < 1.29 is 66.0 Å². The number of aromatic hydroxyl groups is 2. The molecular weight excluding hydrogens is 746 g/mol. The molecule has 270 valence electrons. The number of carboxylic acid groups (broad SMARTS) is 1. The summed E-state index contributed by atoms with van der Waals surface area (Å²) < 4.78 is 78.6. The molecule has 18 heteroatoms. The summed E-state index contributed by atoms with van der Waals surface area (Å²) in [6.45, 7) is 0. The smallest absolute Gasteiger partial charge is 0.339 e. The summed E-state index contributed by atoms with van der Waals surface area (Å²) in [6, 6.07) is 6.60. The number of allylic oxidation sites excluding steroid dienone is 2. The van der Waals surface area contributed by atoms with Crippen molar-refractivity contribution in [2.75, 3.05) is 16.9 Å². The average Bonchev–Trinajstić information content (AvgIpc) is 3.44. The van der Waals surface area contributed by atoms with Gasteiger partial charge in [0.05, 0.1) is 24.6 Å². The molecule has 2 heterocycles. The molecule has 2 aliphatic heterocycles. The number of aromatic carboxylic acids is 1. The lowest BCUT2D eigenvalue weighted by Gasteiger charge is -2.50. The van der Waals surface area contributed by atoms with Crippen LogP contribution >= 0.6 is 23.2 Å². The van der Waals surface area contributed by atoms with Crippen molar-refractivity contribution in [3.63, 3.8) is 0 Å². The van der Waals surface area contributed by atoms with Crippen molar-refractivity contribution in [3.8, 4) is 17.2 Å². The number of carbonyl (C=O) groups excluding carboxylic acids is 4. The minimum atomic E-state index is -2.87. The molecule has 52 heavy (non-hydrogen) atoms. The SMILES string of the molecule is COc1ccc(O)c([C@H]2C3=CC[C@@H]4C(=O)N(c5ccc(C(=O)O)c(O)c5)C(=O)[C@@H]4[C@@H]3C[C@@]3(Cl)C(=O)N(c4c(F)c(F)c(F)c(F)c4F)C(=O)[C@@]23Cl)c1. The molecule has 3 fully saturated rings. The second-order valence-electron chi connectivity index (χ2n) is 12.6. The van der Waals surface area contributed by atoms with Crippen molar-refractivity contribution >= 4 is 64.2 Å². The van der Waals surface area contributed by atoms with E-state index in [-0.39, 0.29) is 33.9 Å². The van der Waals surface area contributed by atoms with Gasteiger partial charge in [-0.2, -0.15) is 0 Å². The zero-order valence-corrected chi connectivity index (χ0v) is 27.6. The van der Waals surface area contributed by atoms with Gasteiger partial charge in [-0.25, -0.2) is 36.5 Å². The Labute approximate surface area is 298 Å². The minimum Gasteiger partial charge on any atom is -0.508 e. The zero-order chi connectivity index (χ0) is 37.9. The summed E-state index contributed by atoms with van der Waals surface area (Å²) in [7, 11) is 1.25. The molecule has 0 aromatic heterocycles. The average molecular weight is 767 g/mol. The van der Waals surface area contributed by atoms with Gasteiger partial charge in [0.1, 0.15) is 28.5 Å². The molecule has 7 rings (SSSR count). The van der Waals surface area contributed by atoms with Crippen molar-refractivity contribution in [3.05, 3.63) is 88.3 Å². The van der Waals surface area contributed by atoms with Gasteiger partial charge in [0.2, 0.25) is 17.6 Å². The van der Waals surface area contributed by atoms with E-state index in [1.54, 1.807) is 0 Å². The molecule has 11 nitrogen and oxygen atoms in total. The molecule has 4 aliphatic rings. The Kier molecular flexibility index (Phi) is 7.88. The van der Waals surface area contributed by atoms with Gasteiger partial charge < -0.3 is 20.1 Å². The molecule has 3 aromatic rings. The highest BCUT2D eigenvalue weighted by Crippen LogP contribution is 2.67. The Morgan fingerprint density at radius 2 is 1.46 bits per heavy atom. The molecule has 0 bridgehead atoms. The van der Waals surface area contributed by atoms with E-state index in [1.165, 1.54) is 25.3 Å². The Morgan fingerprint density at radius 1 is 0.827 bits per heavy atom. The normalized spacial score (nSPS) is 28.1. The molecule has 3 N–H and O–H groups in total. The Balaban J connectivity index is 1.43. The van der Waals surface area contributed by atoms with Crippen LogP contribution in [-0.2, 0) is 19.2 Å². The number of methoxy groups -OCH3 is 1. The van der Waals surface area contributed by atoms with Gasteiger partial charge in [0, 0.05) is 17.5 Å². The fourth-order valence-electron chi connectivity index (χ4n) is 7.90. The van der Waals surface area contributed by atoms with E-state index in [4.69, 9.17) is 27.9 Å². The van der Waals surface area contributed by atoms with E-state index in [9.17, 15) is 52.5 Å². The number of benzene rings is 3. The highest BCUT2D eigenvalue weighted by atomic mass is 35.5. The zero-order valence-electron chi connectivity index (χ0n) is 26.1. The van der Waals surface area contributed by atoms with Crippen LogP contribution in [0.3, 0.4) is 0 Å². The maximum absolute atomic E-state index is 15.2. The summed E-state index contributed by atoms with van der Waals surface area (Å²) in [4.78, 5) is 62.7. The maximum Gasteiger partial charge on any atom is 0.339 e. The van der Waals surface area contributed by atoms with Gasteiger partial charge >= 0.3 is 5.97 Å². The number of halogens is 7. The fourth-order valence-corrected chi connectivity index (χ4v) is 8.82. The second-order valence-corrected chi connectivity index (χ2v) is 13.9. The number of nitrogens with zero attached hydrogens (tertiary/aromatic N) is 2. The van der Waals surface area contributed by atoms with E-state index in [0.717, 1.165) is 24.3 Å². The number of carboxylic acids is 1. The van der Waals surface area contributed by atoms with Crippen LogP contribution in [0.4, 0.5) is 33.3 Å². The van der Waals surface area contributed by atoms with Gasteiger partial charge in [0.25, 0.3) is 11.8 Å². The van der Waals surface area contributed by atoms with E-state index in [2.05, 4.69) is 0 Å². The first kappa shape index (κ1) is 35.2. The molecule has 1 saturated carbocycles. The standard InChI is InChI=1S/C34H21Cl2F5N2O9/c1-52-12-3-7-18(44)16(9-12)21-13-5-6-15-20(29(47)42(28(15)46)11-2-4-14(30(48)49)19(45)8-11)17(13)10-33(35)31(50)43(32(51)34(21,33)36)27-25(40)23(38)22(37)24(39)26(27)41/h2-5,7-9,15,17,20-21,44-45H,6,10H2,1H3,(H,48,49)/t15-,17+,20-,21+,33+,34-/m0/s1. The van der Waals surface area contributed by atoms with E-state index in [1.807, 2.05) is 0 Å². The molecule has 0 unspecified atom stereocenters. The van der Waals surface area contributed by atoms with Crippen LogP contribution in [0.15, 0.2) is 48.0 Å². The van der Waals surface area contributed by atoms with Gasteiger partial charge in [-0.15, -0.1) is 23.2 Å². The topological polar surface area (TPSA) is 162 Å². The number of imide groups is 2. The number of amides is 4. The summed E-state index contributed by atoms with van der Waals surface area (Å²) >= 11 is 14.1. The van der Waals surface area contributed by atoms with E-state index in [0.29, 0.717) is 4.90 Å². The molecular formula is C34H21Cl2F5N2O9. The summed E-state index contributed by atoms with van der Waals surface area (Å²) in [5, 5.41) is 30.7. The Hall–Kier alpha value is -5.22. The largest absolute Gasteiger partial charge is 0.508 e. The monoisotopic (exact) mass is 766 g/mol. The number of rotatable bonds is 5. The lowest BCUT2D eigenvalue weighted by molar-refractivity contribution is -0.125. The summed E-state index contributed by atoms with van der Waals surface area (Å²) in [5.41, 5.74) is -2.85. The lowest BCUT2D eigenvalue weighted by Crippen LogP contribution is -2.60. The van der Waals surface area contributed by atoms with Crippen LogP contribution in [0.25, 0.3) is 0 Å². The predicted octanol–water partition coefficient (Wildman–Crippen LogP) is 5.27. The minimum absolute atomic E-state index is 0.0703. The first-order valence-corrected chi connectivity index (χ1v) is 16.0. The number of carbonyl (C=O) groups is 5. The Morgan fingerprint density at radius 3 is 2.06 bits per heavy atom. The van der Waals surface area contributed by atoms with Crippen LogP contribution in [0.1, 0.15) is 34.7 Å². The molecule has 6 atom stereocenters. The number of hydrogen-bond acceptors (Lipinski definition) is 8. The second kappa shape index (κ2) is 11.6. The number of ether oxygens (including phenoxy) is 1. The van der Waals surface area contributed by atoms with Gasteiger partial charge in [0.15, 0.2) is 33.0 Å². The van der Waals surface area contributed by atoms with Crippen LogP contribution in [0.5, 0.6) is 17.2 Å². The van der Waals surface area contributed by atoms with Crippen LogP contribution in [-0.4, -0.2) is 61.8 Å². The Bertz CT molecular complexity index is 2210. The third-order valence-electron chi connectivity index (χ3n) is 10.2. The van der Waals surface area contributed by atoms with Crippen molar-refractivity contribution in [1.82, 2.24) is 0 Å². The quantitative estimate of drug-likeness (QED) is 0.0785. The molecule has 4 amide bonds. The van der Waals surface area contributed by atoms with Crippen LogP contribution < -0.4 is 14.5 Å². The van der Waals surface area contributed by atoms with Crippen molar-refractivity contribution in [1.29, 1.82) is 0 Å². The first-order chi connectivity index (χ1) is 24.4. The fraction of sp³-hybridized carbons (Fsp3) is 0.265. The molecule has 0 radical (unpaired) electrons. The van der Waals surface area contributed by atoms with Crippen LogP contribution in [0.2, 0.25) is 0 Å². The molecule has 2 aliphatic carbocycles. The van der Waals surface area contributed by atoms with Gasteiger partial charge in [-0.05, 0) is 49.1 Å². The molecule has 3 aromatic carbocycles. The predicted molar refractivity (Wildman–Crippen MR) is 169 cm³/mol. The van der Waals surface area contributed by atoms with Crippen LogP contribution in [0, 0.1) is 46.8 Å². The van der Waals surface area contributed by atoms with E-state index < -0.39 is 121 Å². The number of phenolic OH excluding ortho intramolecular Hbond substituents is 1. The summed E-state index contributed by atoms with van der Waals surface area (Å²) in [6.07, 6.45) is 0.428. The highest BCUT2D eigenvalue weighted by molar-refractivity contribution is 6.58. The molecule has 2 saturated heterocycles. The van der Waals surface area contributed by atoms with Gasteiger partial charge in [-0.1, -0.05) is 11.6 Å². The number of hydrogen-bond donors (Lipinski definition) is 3. The summed E-state index contributed by atoms with van der Waals surface area (Å²) in [5.74, 6) is -26.1. The third-order valence-corrected chi connectivity index (χ3v) is 11.7. The first-order valence-electron chi connectivity index (χ1n) is 15.2. The number of phenols is 2. The van der Waals surface area contributed by atoms with E-state index >= 15 is 8.78 Å². The number of alkyl halides is 2. The lowest BCUT2D eigenvalue weighted by atomic mass is 9.56. The molecule has 0 spiro atoms. The highest BCUT2D eigenvalue weighted by Gasteiger charge is 2.77. The number of anilines is 2. The van der Waals surface area contributed by atoms with Gasteiger partial charge in [-0.3, -0.25) is 19.2 Å². The maximum atomic E-state index is 15.2. The van der Waals surface area contributed by atoms with Crippen molar-refractivity contribution in [2.45, 2.75) is 28.5 Å².